The lowest BCUT2D eigenvalue weighted by atomic mass is 10.1. The van der Waals surface area contributed by atoms with Gasteiger partial charge in [0.2, 0.25) is 0 Å². The smallest absolute Gasteiger partial charge is 0.323 e. The van der Waals surface area contributed by atoms with Gasteiger partial charge in [0.15, 0.2) is 0 Å². The topological polar surface area (TPSA) is 84.7 Å². The van der Waals surface area contributed by atoms with Crippen molar-refractivity contribution in [1.82, 2.24) is 14.5 Å². The Kier molecular flexibility index (Phi) is 6.40. The monoisotopic (exact) mass is 443 g/mol. The van der Waals surface area contributed by atoms with E-state index in [4.69, 9.17) is 4.74 Å². The van der Waals surface area contributed by atoms with Gasteiger partial charge in [-0.25, -0.2) is 4.98 Å². The van der Waals surface area contributed by atoms with Gasteiger partial charge in [0, 0.05) is 17.8 Å². The number of para-hydroxylation sites is 1. The fourth-order valence-corrected chi connectivity index (χ4v) is 3.89. The summed E-state index contributed by atoms with van der Waals surface area (Å²) < 4.78 is 7.20. The van der Waals surface area contributed by atoms with Crippen LogP contribution in [0.25, 0.3) is 16.7 Å². The fourth-order valence-electron chi connectivity index (χ4n) is 3.89. The summed E-state index contributed by atoms with van der Waals surface area (Å²) in [6.07, 6.45) is 0.535. The van der Waals surface area contributed by atoms with Gasteiger partial charge in [-0.3, -0.25) is 14.2 Å². The molecule has 1 amide bonds. The number of aromatic nitrogens is 2. The van der Waals surface area contributed by atoms with Crippen LogP contribution in [-0.4, -0.2) is 51.6 Å². The Labute approximate surface area is 191 Å². The lowest BCUT2D eigenvalue weighted by Gasteiger charge is -2.21. The minimum absolute atomic E-state index is 0.285. The molecular weight excluding hydrogens is 418 g/mol. The van der Waals surface area contributed by atoms with E-state index in [-0.39, 0.29) is 19.0 Å². The summed E-state index contributed by atoms with van der Waals surface area (Å²) in [6, 6.07) is 22.7. The molecular formula is C26H25N3O4. The number of rotatable bonds is 8. The van der Waals surface area contributed by atoms with Gasteiger partial charge in [0.05, 0.1) is 18.1 Å². The summed E-state index contributed by atoms with van der Waals surface area (Å²) in [6.45, 7) is 1.83. The van der Waals surface area contributed by atoms with Gasteiger partial charge < -0.3 is 14.7 Å². The number of benzene rings is 3. The molecule has 0 atom stereocenters. The summed E-state index contributed by atoms with van der Waals surface area (Å²) in [7, 11) is 1.60. The van der Waals surface area contributed by atoms with E-state index in [1.807, 2.05) is 72.2 Å². The molecule has 0 saturated heterocycles. The minimum Gasteiger partial charge on any atom is -0.497 e. The molecule has 0 spiro atoms. The number of fused-ring (bicyclic) bond motifs is 1. The summed E-state index contributed by atoms with van der Waals surface area (Å²) in [4.78, 5) is 30.6. The van der Waals surface area contributed by atoms with Gasteiger partial charge in [0.1, 0.15) is 18.1 Å². The Balaban J connectivity index is 1.58. The van der Waals surface area contributed by atoms with Crippen LogP contribution in [-0.2, 0) is 11.2 Å². The van der Waals surface area contributed by atoms with Crippen LogP contribution >= 0.6 is 0 Å². The van der Waals surface area contributed by atoms with E-state index >= 15 is 0 Å². The predicted octanol–water partition coefficient (Wildman–Crippen LogP) is 4.11. The lowest BCUT2D eigenvalue weighted by Crippen LogP contribution is -2.37. The standard InChI is InChI=1S/C26H25N3O4/c1-18-27-23-16-20(10-13-24(23)29(18)21-6-4-3-5-7-21)26(32)28(17-25(30)31)15-14-19-8-11-22(33-2)12-9-19/h3-13,16H,14-15,17H2,1-2H3,(H,30,31). The van der Waals surface area contributed by atoms with Crippen LogP contribution in [0.1, 0.15) is 21.7 Å². The third kappa shape index (κ3) is 4.87. The third-order valence-electron chi connectivity index (χ3n) is 5.53. The number of imidazole rings is 1. The first-order valence-electron chi connectivity index (χ1n) is 10.6. The van der Waals surface area contributed by atoms with Crippen LogP contribution in [0.4, 0.5) is 0 Å². The normalized spacial score (nSPS) is 10.8. The van der Waals surface area contributed by atoms with Crippen LogP contribution in [0.3, 0.4) is 0 Å². The number of ether oxygens (including phenoxy) is 1. The number of carboxylic acid groups (broad SMARTS) is 1. The molecule has 1 heterocycles. The number of carbonyl (C=O) groups excluding carboxylic acids is 1. The molecule has 168 valence electrons. The number of methoxy groups -OCH3 is 1. The van der Waals surface area contributed by atoms with E-state index in [1.54, 1.807) is 19.2 Å². The Morgan fingerprint density at radius 2 is 1.76 bits per heavy atom. The minimum atomic E-state index is -1.05. The van der Waals surface area contributed by atoms with Crippen molar-refractivity contribution in [3.05, 3.63) is 89.7 Å². The second-order valence-electron chi connectivity index (χ2n) is 7.75. The van der Waals surface area contributed by atoms with Crippen molar-refractivity contribution in [3.8, 4) is 11.4 Å². The van der Waals surface area contributed by atoms with E-state index in [9.17, 15) is 14.7 Å². The number of carbonyl (C=O) groups is 2. The van der Waals surface area contributed by atoms with Crippen molar-refractivity contribution in [1.29, 1.82) is 0 Å². The molecule has 33 heavy (non-hydrogen) atoms. The average molecular weight is 444 g/mol. The van der Waals surface area contributed by atoms with Crippen molar-refractivity contribution >= 4 is 22.9 Å². The van der Waals surface area contributed by atoms with E-state index < -0.39 is 5.97 Å². The fraction of sp³-hybridized carbons (Fsp3) is 0.192. The molecule has 3 aromatic carbocycles. The number of amides is 1. The maximum atomic E-state index is 13.2. The maximum Gasteiger partial charge on any atom is 0.323 e. The van der Waals surface area contributed by atoms with Crippen molar-refractivity contribution in [2.24, 2.45) is 0 Å². The number of hydrogen-bond donors (Lipinski definition) is 1. The molecule has 0 aliphatic heterocycles. The summed E-state index contributed by atoms with van der Waals surface area (Å²) in [5, 5.41) is 9.36. The van der Waals surface area contributed by atoms with Crippen molar-refractivity contribution in [2.75, 3.05) is 20.2 Å². The van der Waals surface area contributed by atoms with Gasteiger partial charge in [-0.15, -0.1) is 0 Å². The molecule has 0 unspecified atom stereocenters. The number of hydrogen-bond acceptors (Lipinski definition) is 4. The molecule has 7 heteroatoms. The Morgan fingerprint density at radius 3 is 2.42 bits per heavy atom. The van der Waals surface area contributed by atoms with Gasteiger partial charge in [-0.2, -0.15) is 0 Å². The maximum absolute atomic E-state index is 13.2. The van der Waals surface area contributed by atoms with Crippen molar-refractivity contribution in [3.63, 3.8) is 0 Å². The molecule has 0 radical (unpaired) electrons. The third-order valence-corrected chi connectivity index (χ3v) is 5.53. The number of nitrogens with zero attached hydrogens (tertiary/aromatic N) is 3. The van der Waals surface area contributed by atoms with E-state index in [1.165, 1.54) is 4.90 Å². The second-order valence-corrected chi connectivity index (χ2v) is 7.75. The summed E-state index contributed by atoms with van der Waals surface area (Å²) >= 11 is 0. The zero-order valence-electron chi connectivity index (χ0n) is 18.6. The van der Waals surface area contributed by atoms with Crippen LogP contribution < -0.4 is 4.74 Å². The molecule has 1 N–H and O–H groups in total. The quantitative estimate of drug-likeness (QED) is 0.443. The van der Waals surface area contributed by atoms with Crippen LogP contribution in [0, 0.1) is 6.92 Å². The van der Waals surface area contributed by atoms with Gasteiger partial charge in [-0.1, -0.05) is 30.3 Å². The largest absolute Gasteiger partial charge is 0.497 e. The van der Waals surface area contributed by atoms with Gasteiger partial charge >= 0.3 is 5.97 Å². The van der Waals surface area contributed by atoms with Crippen LogP contribution in [0.15, 0.2) is 72.8 Å². The summed E-state index contributed by atoms with van der Waals surface area (Å²) in [5.41, 5.74) is 3.97. The highest BCUT2D eigenvalue weighted by atomic mass is 16.5. The Morgan fingerprint density at radius 1 is 1.03 bits per heavy atom. The molecule has 0 saturated carbocycles. The zero-order valence-corrected chi connectivity index (χ0v) is 18.6. The first-order valence-corrected chi connectivity index (χ1v) is 10.6. The highest BCUT2D eigenvalue weighted by molar-refractivity contribution is 5.98. The number of aliphatic carboxylic acids is 1. The summed E-state index contributed by atoms with van der Waals surface area (Å²) in [5.74, 6) is 0.168. The second kappa shape index (κ2) is 9.56. The molecule has 4 rings (SSSR count). The zero-order chi connectivity index (χ0) is 23.4. The van der Waals surface area contributed by atoms with Gasteiger partial charge in [-0.05, 0) is 61.4 Å². The molecule has 0 bridgehead atoms. The van der Waals surface area contributed by atoms with Crippen LogP contribution in [0.2, 0.25) is 0 Å². The van der Waals surface area contributed by atoms with E-state index in [0.717, 1.165) is 28.3 Å². The molecule has 0 aliphatic rings. The highest BCUT2D eigenvalue weighted by Gasteiger charge is 2.20. The highest BCUT2D eigenvalue weighted by Crippen LogP contribution is 2.23. The average Bonchev–Trinajstić information content (AvgIpc) is 3.16. The Hall–Kier alpha value is -4.13. The Bertz CT molecular complexity index is 1280. The molecule has 0 aliphatic carbocycles. The van der Waals surface area contributed by atoms with E-state index in [0.29, 0.717) is 17.5 Å². The van der Waals surface area contributed by atoms with Gasteiger partial charge in [0.25, 0.3) is 5.91 Å². The predicted molar refractivity (Wildman–Crippen MR) is 126 cm³/mol. The number of carboxylic acids is 1. The SMILES string of the molecule is COc1ccc(CCN(CC(=O)O)C(=O)c2ccc3c(c2)nc(C)n3-c2ccccc2)cc1. The van der Waals surface area contributed by atoms with Crippen LogP contribution in [0.5, 0.6) is 5.75 Å². The molecule has 1 aromatic heterocycles. The first kappa shape index (κ1) is 22.1. The van der Waals surface area contributed by atoms with Crippen molar-refractivity contribution < 1.29 is 19.4 Å². The molecule has 4 aromatic rings. The first-order chi connectivity index (χ1) is 16.0. The lowest BCUT2D eigenvalue weighted by molar-refractivity contribution is -0.137. The number of aryl methyl sites for hydroxylation is 1. The van der Waals surface area contributed by atoms with E-state index in [2.05, 4.69) is 4.98 Å². The molecule has 0 fully saturated rings. The van der Waals surface area contributed by atoms with Crippen molar-refractivity contribution in [2.45, 2.75) is 13.3 Å². The molecule has 7 nitrogen and oxygen atoms in total.